The summed E-state index contributed by atoms with van der Waals surface area (Å²) >= 11 is 2.07. The number of rotatable bonds is 0. The summed E-state index contributed by atoms with van der Waals surface area (Å²) in [7, 11) is 0. The summed E-state index contributed by atoms with van der Waals surface area (Å²) in [4.78, 5) is 10.8. The van der Waals surface area contributed by atoms with Crippen molar-refractivity contribution in [3.05, 3.63) is 0 Å². The number of ether oxygens (including phenoxy) is 2. The zero-order valence-corrected chi connectivity index (χ0v) is 8.14. The van der Waals surface area contributed by atoms with Gasteiger partial charge in [0.25, 0.3) is 0 Å². The van der Waals surface area contributed by atoms with Crippen LogP contribution in [0.1, 0.15) is 19.3 Å². The summed E-state index contributed by atoms with van der Waals surface area (Å²) < 4.78 is 9.99. The Morgan fingerprint density at radius 1 is 1.31 bits per heavy atom. The first-order chi connectivity index (χ1) is 6.28. The second-order valence-corrected chi connectivity index (χ2v) is 5.73. The van der Waals surface area contributed by atoms with E-state index >= 15 is 0 Å². The van der Waals surface area contributed by atoms with E-state index in [2.05, 4.69) is 11.8 Å². The fourth-order valence-electron chi connectivity index (χ4n) is 2.68. The second-order valence-electron chi connectivity index (χ2n) is 4.22. The molecule has 3 fully saturated rings. The van der Waals surface area contributed by atoms with E-state index < -0.39 is 6.16 Å². The molecule has 0 aromatic heterocycles. The smallest absolute Gasteiger partial charge is 0.434 e. The topological polar surface area (TPSA) is 35.5 Å². The number of thioether (sulfide) groups is 1. The zero-order chi connectivity index (χ0) is 8.89. The van der Waals surface area contributed by atoms with E-state index in [4.69, 9.17) is 9.47 Å². The minimum atomic E-state index is -0.488. The van der Waals surface area contributed by atoms with Gasteiger partial charge in [-0.3, -0.25) is 0 Å². The number of hydrogen-bond acceptors (Lipinski definition) is 4. The lowest BCUT2D eigenvalue weighted by Gasteiger charge is -2.37. The highest BCUT2D eigenvalue weighted by atomic mass is 32.2. The van der Waals surface area contributed by atoms with Crippen LogP contribution in [0.5, 0.6) is 0 Å². The SMILES string of the molecule is O=C1OCC2(CO1)CC1CCC2S1. The first kappa shape index (κ1) is 7.97. The molecule has 3 saturated heterocycles. The third-order valence-corrected chi connectivity index (χ3v) is 5.23. The van der Waals surface area contributed by atoms with Gasteiger partial charge in [-0.15, -0.1) is 0 Å². The maximum absolute atomic E-state index is 10.8. The summed E-state index contributed by atoms with van der Waals surface area (Å²) in [6.45, 7) is 1.17. The molecule has 0 aliphatic carbocycles. The number of carbonyl (C=O) groups is 1. The highest BCUT2D eigenvalue weighted by Crippen LogP contribution is 2.57. The second kappa shape index (κ2) is 2.56. The molecule has 3 aliphatic rings. The third kappa shape index (κ3) is 1.08. The summed E-state index contributed by atoms with van der Waals surface area (Å²) in [6, 6.07) is 0. The van der Waals surface area contributed by atoms with Crippen LogP contribution in [0.15, 0.2) is 0 Å². The van der Waals surface area contributed by atoms with Crippen molar-refractivity contribution < 1.29 is 14.3 Å². The minimum Gasteiger partial charge on any atom is -0.434 e. The molecule has 13 heavy (non-hydrogen) atoms. The van der Waals surface area contributed by atoms with Gasteiger partial charge in [-0.25, -0.2) is 4.79 Å². The lowest BCUT2D eigenvalue weighted by Crippen LogP contribution is -2.45. The molecule has 0 amide bonds. The first-order valence-corrected chi connectivity index (χ1v) is 5.68. The molecular formula is C9H12O3S. The molecule has 0 aromatic carbocycles. The Kier molecular flexibility index (Phi) is 1.57. The number of carbonyl (C=O) groups excluding carboxylic acids is 1. The Hall–Kier alpha value is -0.380. The van der Waals surface area contributed by atoms with Gasteiger partial charge >= 0.3 is 6.16 Å². The fourth-order valence-corrected chi connectivity index (χ4v) is 4.64. The number of cyclic esters (lactones) is 2. The number of hydrogen-bond donors (Lipinski definition) is 0. The quantitative estimate of drug-likeness (QED) is 0.559. The van der Waals surface area contributed by atoms with Crippen LogP contribution < -0.4 is 0 Å². The van der Waals surface area contributed by atoms with Crippen LogP contribution in [0, 0.1) is 5.41 Å². The molecule has 0 saturated carbocycles. The van der Waals surface area contributed by atoms with Gasteiger partial charge in [0.05, 0.1) is 5.41 Å². The molecule has 0 radical (unpaired) electrons. The van der Waals surface area contributed by atoms with Gasteiger partial charge in [0.15, 0.2) is 0 Å². The standard InChI is InChI=1S/C9H12O3S/c10-8-11-4-9(5-12-8)3-6-1-2-7(9)13-6/h6-7H,1-5H2. The van der Waals surface area contributed by atoms with Crippen molar-refractivity contribution in [3.63, 3.8) is 0 Å². The maximum atomic E-state index is 10.8. The molecule has 3 aliphatic heterocycles. The van der Waals surface area contributed by atoms with E-state index in [0.29, 0.717) is 18.5 Å². The number of fused-ring (bicyclic) bond motifs is 3. The molecule has 3 nitrogen and oxygen atoms in total. The molecule has 1 spiro atoms. The predicted molar refractivity (Wildman–Crippen MR) is 48.8 cm³/mol. The van der Waals surface area contributed by atoms with Crippen LogP contribution in [0.25, 0.3) is 0 Å². The van der Waals surface area contributed by atoms with Crippen LogP contribution in [0.4, 0.5) is 4.79 Å². The van der Waals surface area contributed by atoms with Gasteiger partial charge in [0, 0.05) is 10.5 Å². The van der Waals surface area contributed by atoms with Gasteiger partial charge in [-0.05, 0) is 19.3 Å². The van der Waals surface area contributed by atoms with Gasteiger partial charge in [0.1, 0.15) is 13.2 Å². The normalized spacial score (nSPS) is 40.5. The van der Waals surface area contributed by atoms with Crippen molar-refractivity contribution in [2.45, 2.75) is 29.8 Å². The molecule has 0 N–H and O–H groups in total. The van der Waals surface area contributed by atoms with Crippen LogP contribution in [-0.2, 0) is 9.47 Å². The van der Waals surface area contributed by atoms with Crippen LogP contribution in [-0.4, -0.2) is 29.9 Å². The Bertz CT molecular complexity index is 243. The van der Waals surface area contributed by atoms with Gasteiger partial charge < -0.3 is 9.47 Å². The van der Waals surface area contributed by atoms with Crippen LogP contribution in [0.2, 0.25) is 0 Å². The molecule has 2 bridgehead atoms. The summed E-state index contributed by atoms with van der Waals surface area (Å²) in [5, 5.41) is 1.47. The van der Waals surface area contributed by atoms with Crippen molar-refractivity contribution in [1.29, 1.82) is 0 Å². The monoisotopic (exact) mass is 200 g/mol. The molecule has 3 heterocycles. The lowest BCUT2D eigenvalue weighted by molar-refractivity contribution is -0.0654. The Morgan fingerprint density at radius 3 is 2.62 bits per heavy atom. The lowest BCUT2D eigenvalue weighted by atomic mass is 9.75. The maximum Gasteiger partial charge on any atom is 0.508 e. The summed E-state index contributed by atoms with van der Waals surface area (Å²) in [5.74, 6) is 0. The van der Waals surface area contributed by atoms with Gasteiger partial charge in [-0.2, -0.15) is 11.8 Å². The Labute approximate surface area is 81.2 Å². The van der Waals surface area contributed by atoms with Gasteiger partial charge in [-0.1, -0.05) is 0 Å². The molecular weight excluding hydrogens is 188 g/mol. The van der Waals surface area contributed by atoms with E-state index in [0.717, 1.165) is 5.25 Å². The Morgan fingerprint density at radius 2 is 2.08 bits per heavy atom. The van der Waals surface area contributed by atoms with Gasteiger partial charge in [0.2, 0.25) is 0 Å². The Balaban J connectivity index is 1.79. The van der Waals surface area contributed by atoms with E-state index in [1.807, 2.05) is 0 Å². The first-order valence-electron chi connectivity index (χ1n) is 4.74. The molecule has 4 heteroatoms. The third-order valence-electron chi connectivity index (χ3n) is 3.38. The molecule has 2 unspecified atom stereocenters. The average molecular weight is 200 g/mol. The van der Waals surface area contributed by atoms with Crippen LogP contribution in [0.3, 0.4) is 0 Å². The highest BCUT2D eigenvalue weighted by Gasteiger charge is 2.54. The summed E-state index contributed by atoms with van der Waals surface area (Å²) in [5.41, 5.74) is 0.168. The van der Waals surface area contributed by atoms with Crippen molar-refractivity contribution in [2.75, 3.05) is 13.2 Å². The van der Waals surface area contributed by atoms with E-state index in [1.54, 1.807) is 0 Å². The van der Waals surface area contributed by atoms with E-state index in [1.165, 1.54) is 19.3 Å². The molecule has 0 aromatic rings. The predicted octanol–water partition coefficient (Wildman–Crippen LogP) is 1.81. The van der Waals surface area contributed by atoms with Crippen molar-refractivity contribution in [2.24, 2.45) is 5.41 Å². The van der Waals surface area contributed by atoms with E-state index in [-0.39, 0.29) is 5.41 Å². The minimum absolute atomic E-state index is 0.168. The van der Waals surface area contributed by atoms with Crippen molar-refractivity contribution in [1.82, 2.24) is 0 Å². The van der Waals surface area contributed by atoms with Crippen molar-refractivity contribution in [3.8, 4) is 0 Å². The van der Waals surface area contributed by atoms with E-state index in [9.17, 15) is 4.79 Å². The fraction of sp³-hybridized carbons (Fsp3) is 0.889. The average Bonchev–Trinajstić information content (AvgIpc) is 2.70. The van der Waals surface area contributed by atoms with Crippen molar-refractivity contribution >= 4 is 17.9 Å². The molecule has 2 atom stereocenters. The zero-order valence-electron chi connectivity index (χ0n) is 7.32. The van der Waals surface area contributed by atoms with Crippen LogP contribution >= 0.6 is 11.8 Å². The highest BCUT2D eigenvalue weighted by molar-refractivity contribution is 8.01. The molecule has 72 valence electrons. The largest absolute Gasteiger partial charge is 0.508 e. The molecule has 3 rings (SSSR count). The summed E-state index contributed by atoms with van der Waals surface area (Å²) in [6.07, 6.45) is 3.30.